The number of rotatable bonds is 3. The zero-order chi connectivity index (χ0) is 14.8. The summed E-state index contributed by atoms with van der Waals surface area (Å²) in [5.74, 6) is 0.754. The maximum atomic E-state index is 2.69. The Bertz CT molecular complexity index is 410. The van der Waals surface area contributed by atoms with Gasteiger partial charge < -0.3 is 0 Å². The van der Waals surface area contributed by atoms with E-state index < -0.39 is 0 Å². The minimum atomic E-state index is 0.253. The summed E-state index contributed by atoms with van der Waals surface area (Å²) in [7, 11) is 0. The summed E-state index contributed by atoms with van der Waals surface area (Å²) in [4.78, 5) is 2.69. The van der Waals surface area contributed by atoms with E-state index in [0.29, 0.717) is 6.04 Å². The Morgan fingerprint density at radius 2 is 1.75 bits per heavy atom. The van der Waals surface area contributed by atoms with Crippen LogP contribution in [-0.4, -0.2) is 18.0 Å². The van der Waals surface area contributed by atoms with Gasteiger partial charge in [-0.25, -0.2) is 0 Å². The Kier molecular flexibility index (Phi) is 4.90. The van der Waals surface area contributed by atoms with Gasteiger partial charge in [0.15, 0.2) is 0 Å². The molecule has 2 rings (SSSR count). The van der Waals surface area contributed by atoms with Gasteiger partial charge in [-0.2, -0.15) is 0 Å². The molecular weight excluding hydrogens is 242 g/mol. The summed E-state index contributed by atoms with van der Waals surface area (Å²) in [6, 6.07) is 10.0. The molecule has 1 heterocycles. The average molecular weight is 273 g/mol. The molecule has 1 saturated heterocycles. The van der Waals surface area contributed by atoms with Gasteiger partial charge in [0.25, 0.3) is 0 Å². The van der Waals surface area contributed by atoms with Crippen molar-refractivity contribution in [1.82, 2.24) is 4.90 Å². The third-order valence-electron chi connectivity index (χ3n) is 4.37. The second kappa shape index (κ2) is 6.30. The van der Waals surface area contributed by atoms with Crippen molar-refractivity contribution >= 4 is 0 Å². The van der Waals surface area contributed by atoms with Crippen LogP contribution in [0.5, 0.6) is 0 Å². The first-order valence-electron chi connectivity index (χ1n) is 8.22. The van der Waals surface area contributed by atoms with Crippen LogP contribution in [0.25, 0.3) is 0 Å². The lowest BCUT2D eigenvalue weighted by atomic mass is 9.85. The smallest absolute Gasteiger partial charge is 0.0348 e. The molecule has 0 N–H and O–H groups in total. The molecule has 1 unspecified atom stereocenters. The van der Waals surface area contributed by atoms with Crippen molar-refractivity contribution < 1.29 is 0 Å². The van der Waals surface area contributed by atoms with Crippen LogP contribution in [-0.2, 0) is 5.41 Å². The molecule has 0 radical (unpaired) electrons. The molecule has 112 valence electrons. The van der Waals surface area contributed by atoms with Crippen molar-refractivity contribution in [2.75, 3.05) is 13.1 Å². The van der Waals surface area contributed by atoms with Gasteiger partial charge in [0.05, 0.1) is 0 Å². The van der Waals surface area contributed by atoms with Gasteiger partial charge in [0, 0.05) is 12.6 Å². The van der Waals surface area contributed by atoms with Gasteiger partial charge in [-0.05, 0) is 41.8 Å². The van der Waals surface area contributed by atoms with Crippen molar-refractivity contribution in [2.45, 2.75) is 65.3 Å². The monoisotopic (exact) mass is 273 g/mol. The fraction of sp³-hybridized carbons (Fsp3) is 0.684. The maximum Gasteiger partial charge on any atom is 0.0348 e. The van der Waals surface area contributed by atoms with Crippen LogP contribution in [0, 0.1) is 5.92 Å². The van der Waals surface area contributed by atoms with Crippen molar-refractivity contribution in [3.8, 4) is 0 Å². The quantitative estimate of drug-likeness (QED) is 0.734. The molecule has 1 heteroatoms. The van der Waals surface area contributed by atoms with Gasteiger partial charge >= 0.3 is 0 Å². The van der Waals surface area contributed by atoms with Gasteiger partial charge in [0.2, 0.25) is 0 Å². The van der Waals surface area contributed by atoms with E-state index in [1.54, 1.807) is 0 Å². The Morgan fingerprint density at radius 1 is 1.10 bits per heavy atom. The van der Waals surface area contributed by atoms with E-state index in [4.69, 9.17) is 0 Å². The second-order valence-corrected chi connectivity index (χ2v) is 7.77. The summed E-state index contributed by atoms with van der Waals surface area (Å²) in [5, 5.41) is 0. The second-order valence-electron chi connectivity index (χ2n) is 7.77. The number of piperidine rings is 1. The molecule has 1 aliphatic rings. The lowest BCUT2D eigenvalue weighted by Gasteiger charge is -2.37. The Labute approximate surface area is 125 Å². The van der Waals surface area contributed by atoms with Gasteiger partial charge in [0.1, 0.15) is 0 Å². The van der Waals surface area contributed by atoms with Crippen LogP contribution in [0.4, 0.5) is 0 Å². The van der Waals surface area contributed by atoms with E-state index in [1.165, 1.54) is 43.5 Å². The fourth-order valence-electron chi connectivity index (χ4n) is 3.26. The van der Waals surface area contributed by atoms with Crippen molar-refractivity contribution in [1.29, 1.82) is 0 Å². The minimum absolute atomic E-state index is 0.253. The third-order valence-corrected chi connectivity index (χ3v) is 4.37. The zero-order valence-corrected chi connectivity index (χ0v) is 13.9. The highest BCUT2D eigenvalue weighted by molar-refractivity contribution is 5.29. The molecule has 20 heavy (non-hydrogen) atoms. The molecule has 1 aliphatic heterocycles. The van der Waals surface area contributed by atoms with E-state index in [1.807, 2.05) is 0 Å². The molecule has 0 amide bonds. The summed E-state index contributed by atoms with van der Waals surface area (Å²) in [6.45, 7) is 14.0. The average Bonchev–Trinajstić information content (AvgIpc) is 2.38. The first kappa shape index (κ1) is 15.6. The molecule has 1 aromatic carbocycles. The SMILES string of the molecule is CC(C)CN1CCCCC1c1ccc(C(C)(C)C)cc1. The first-order valence-corrected chi connectivity index (χ1v) is 8.22. The van der Waals surface area contributed by atoms with Crippen LogP contribution < -0.4 is 0 Å². The normalized spacial score (nSPS) is 21.4. The standard InChI is InChI=1S/C19H31N/c1-15(2)14-20-13-7-6-8-18(20)16-9-11-17(12-10-16)19(3,4)5/h9-12,15,18H,6-8,13-14H2,1-5H3. The van der Waals surface area contributed by atoms with E-state index in [0.717, 1.165) is 5.92 Å². The van der Waals surface area contributed by atoms with E-state index in [9.17, 15) is 0 Å². The number of hydrogen-bond acceptors (Lipinski definition) is 1. The molecule has 1 aromatic rings. The van der Waals surface area contributed by atoms with Crippen LogP contribution >= 0.6 is 0 Å². The molecule has 0 bridgehead atoms. The highest BCUT2D eigenvalue weighted by Gasteiger charge is 2.24. The van der Waals surface area contributed by atoms with Crippen molar-refractivity contribution in [3.63, 3.8) is 0 Å². The summed E-state index contributed by atoms with van der Waals surface area (Å²) < 4.78 is 0. The maximum absolute atomic E-state index is 2.69. The Morgan fingerprint density at radius 3 is 2.30 bits per heavy atom. The molecule has 1 atom stereocenters. The predicted octanol–water partition coefficient (Wildman–Crippen LogP) is 5.17. The Balaban J connectivity index is 2.15. The van der Waals surface area contributed by atoms with Crippen LogP contribution in [0.1, 0.15) is 71.0 Å². The molecule has 1 fully saturated rings. The number of benzene rings is 1. The van der Waals surface area contributed by atoms with Crippen molar-refractivity contribution in [3.05, 3.63) is 35.4 Å². The van der Waals surface area contributed by atoms with Crippen LogP contribution in [0.3, 0.4) is 0 Å². The highest BCUT2D eigenvalue weighted by atomic mass is 15.2. The Hall–Kier alpha value is -0.820. The van der Waals surface area contributed by atoms with Gasteiger partial charge in [-0.1, -0.05) is 65.3 Å². The molecule has 0 aliphatic carbocycles. The fourth-order valence-corrected chi connectivity index (χ4v) is 3.26. The zero-order valence-electron chi connectivity index (χ0n) is 13.9. The lowest BCUT2D eigenvalue weighted by Crippen LogP contribution is -2.36. The first-order chi connectivity index (χ1) is 9.38. The molecular formula is C19H31N. The minimum Gasteiger partial charge on any atom is -0.296 e. The molecule has 0 saturated carbocycles. The predicted molar refractivity (Wildman–Crippen MR) is 88.1 cm³/mol. The largest absolute Gasteiger partial charge is 0.296 e. The molecule has 0 spiro atoms. The summed E-state index contributed by atoms with van der Waals surface area (Å²) in [5.41, 5.74) is 3.20. The third kappa shape index (κ3) is 3.85. The van der Waals surface area contributed by atoms with E-state index in [-0.39, 0.29) is 5.41 Å². The van der Waals surface area contributed by atoms with E-state index in [2.05, 4.69) is 63.8 Å². The van der Waals surface area contributed by atoms with Gasteiger partial charge in [-0.3, -0.25) is 4.90 Å². The van der Waals surface area contributed by atoms with Crippen molar-refractivity contribution in [2.24, 2.45) is 5.92 Å². The van der Waals surface area contributed by atoms with Crippen LogP contribution in [0.15, 0.2) is 24.3 Å². The van der Waals surface area contributed by atoms with E-state index >= 15 is 0 Å². The van der Waals surface area contributed by atoms with Crippen LogP contribution in [0.2, 0.25) is 0 Å². The van der Waals surface area contributed by atoms with Gasteiger partial charge in [-0.15, -0.1) is 0 Å². The number of hydrogen-bond donors (Lipinski definition) is 0. The number of nitrogens with zero attached hydrogens (tertiary/aromatic N) is 1. The highest BCUT2D eigenvalue weighted by Crippen LogP contribution is 2.32. The summed E-state index contributed by atoms with van der Waals surface area (Å²) in [6.07, 6.45) is 4.06. The molecule has 0 aromatic heterocycles. The number of likely N-dealkylation sites (tertiary alicyclic amines) is 1. The summed E-state index contributed by atoms with van der Waals surface area (Å²) >= 11 is 0. The molecule has 1 nitrogen and oxygen atoms in total. The topological polar surface area (TPSA) is 3.24 Å². The lowest BCUT2D eigenvalue weighted by molar-refractivity contribution is 0.132.